The highest BCUT2D eigenvalue weighted by atomic mass is 16.2. The van der Waals surface area contributed by atoms with Crippen molar-refractivity contribution in [2.75, 3.05) is 50.7 Å². The predicted octanol–water partition coefficient (Wildman–Crippen LogP) is -1.05. The van der Waals surface area contributed by atoms with Crippen LogP contribution in [0.5, 0.6) is 0 Å². The number of nitrogens with one attached hydrogen (secondary N) is 3. The first-order valence-corrected chi connectivity index (χ1v) is 8.27. The van der Waals surface area contributed by atoms with Gasteiger partial charge in [0.1, 0.15) is 0 Å². The molecule has 1 heterocycles. The summed E-state index contributed by atoms with van der Waals surface area (Å²) in [5, 5.41) is 5.35. The molecule has 2 amide bonds. The molecular formula is C17H27N4O2+. The average molecular weight is 319 g/mol. The molecule has 0 aromatic heterocycles. The van der Waals surface area contributed by atoms with E-state index in [0.29, 0.717) is 13.1 Å². The third-order valence-corrected chi connectivity index (χ3v) is 4.16. The first-order valence-electron chi connectivity index (χ1n) is 8.27. The highest BCUT2D eigenvalue weighted by Crippen LogP contribution is 2.18. The zero-order chi connectivity index (χ0) is 16.7. The fourth-order valence-corrected chi connectivity index (χ4v) is 2.89. The lowest BCUT2D eigenvalue weighted by molar-refractivity contribution is -0.892. The van der Waals surface area contributed by atoms with E-state index in [4.69, 9.17) is 0 Å². The molecule has 126 valence electrons. The minimum Gasteiger partial charge on any atom is -0.360 e. The molecule has 0 unspecified atom stereocenters. The molecule has 0 aliphatic carbocycles. The van der Waals surface area contributed by atoms with Crippen LogP contribution in [0, 0.1) is 6.92 Å². The summed E-state index contributed by atoms with van der Waals surface area (Å²) in [4.78, 5) is 26.9. The van der Waals surface area contributed by atoms with Gasteiger partial charge in [-0.2, -0.15) is 0 Å². The van der Waals surface area contributed by atoms with E-state index in [0.717, 1.165) is 26.2 Å². The molecule has 2 rings (SSSR count). The number of amides is 2. The number of quaternary nitrogens is 1. The molecule has 1 saturated heterocycles. The Balaban J connectivity index is 1.73. The lowest BCUT2D eigenvalue weighted by Crippen LogP contribution is -3.16. The lowest BCUT2D eigenvalue weighted by atomic mass is 10.1. The number of anilines is 1. The van der Waals surface area contributed by atoms with Crippen LogP contribution in [-0.2, 0) is 9.59 Å². The van der Waals surface area contributed by atoms with Crippen molar-refractivity contribution in [3.8, 4) is 0 Å². The van der Waals surface area contributed by atoms with Gasteiger partial charge in [-0.05, 0) is 25.5 Å². The molecule has 1 aliphatic rings. The van der Waals surface area contributed by atoms with E-state index in [-0.39, 0.29) is 18.4 Å². The summed E-state index contributed by atoms with van der Waals surface area (Å²) < 4.78 is 0. The van der Waals surface area contributed by atoms with E-state index in [1.165, 1.54) is 16.2 Å². The number of hydrogen-bond acceptors (Lipinski definition) is 3. The van der Waals surface area contributed by atoms with Gasteiger partial charge < -0.3 is 20.4 Å². The number of nitrogens with zero attached hydrogens (tertiary/aromatic N) is 1. The van der Waals surface area contributed by atoms with Gasteiger partial charge in [0.05, 0.1) is 32.7 Å². The van der Waals surface area contributed by atoms with Crippen LogP contribution >= 0.6 is 0 Å². The summed E-state index contributed by atoms with van der Waals surface area (Å²) in [6.45, 7) is 8.83. The highest BCUT2D eigenvalue weighted by molar-refractivity contribution is 5.84. The van der Waals surface area contributed by atoms with Crippen molar-refractivity contribution in [3.05, 3.63) is 29.8 Å². The van der Waals surface area contributed by atoms with Crippen LogP contribution in [0.25, 0.3) is 0 Å². The van der Waals surface area contributed by atoms with Crippen molar-refractivity contribution < 1.29 is 14.5 Å². The Morgan fingerprint density at radius 3 is 2.48 bits per heavy atom. The largest absolute Gasteiger partial charge is 0.360 e. The summed E-state index contributed by atoms with van der Waals surface area (Å²) in [5.74, 6) is -0.198. The Bertz CT molecular complexity index is 539. The molecule has 1 fully saturated rings. The first kappa shape index (κ1) is 17.3. The van der Waals surface area contributed by atoms with Crippen LogP contribution < -0.4 is 20.4 Å². The van der Waals surface area contributed by atoms with Crippen LogP contribution in [-0.4, -0.2) is 57.6 Å². The normalized spacial score (nSPS) is 15.3. The van der Waals surface area contributed by atoms with Gasteiger partial charge in [-0.1, -0.05) is 18.2 Å². The van der Waals surface area contributed by atoms with E-state index in [9.17, 15) is 9.59 Å². The minimum atomic E-state index is -0.139. The lowest BCUT2D eigenvalue weighted by Gasteiger charge is -2.34. The van der Waals surface area contributed by atoms with Crippen LogP contribution in [0.3, 0.4) is 0 Å². The third kappa shape index (κ3) is 5.25. The zero-order valence-corrected chi connectivity index (χ0v) is 14.0. The summed E-state index contributed by atoms with van der Waals surface area (Å²) in [7, 11) is 0. The molecule has 6 nitrogen and oxygen atoms in total. The summed E-state index contributed by atoms with van der Waals surface area (Å²) in [6.07, 6.45) is 0. The van der Waals surface area contributed by atoms with Crippen molar-refractivity contribution in [3.63, 3.8) is 0 Å². The van der Waals surface area contributed by atoms with Crippen molar-refractivity contribution in [2.24, 2.45) is 0 Å². The molecule has 0 saturated carbocycles. The average Bonchev–Trinajstić information content (AvgIpc) is 2.55. The Kier molecular flexibility index (Phi) is 6.40. The maximum absolute atomic E-state index is 11.9. The number of benzene rings is 1. The first-order chi connectivity index (χ1) is 11.1. The van der Waals surface area contributed by atoms with Crippen molar-refractivity contribution in [2.45, 2.75) is 13.8 Å². The monoisotopic (exact) mass is 319 g/mol. The van der Waals surface area contributed by atoms with Gasteiger partial charge in [-0.25, -0.2) is 0 Å². The van der Waals surface area contributed by atoms with Gasteiger partial charge in [0.2, 0.25) is 5.91 Å². The fourth-order valence-electron chi connectivity index (χ4n) is 2.89. The molecule has 1 aromatic carbocycles. The molecule has 1 aliphatic heterocycles. The Hall–Kier alpha value is -2.08. The molecule has 23 heavy (non-hydrogen) atoms. The number of likely N-dealkylation sites (N-methyl/N-ethyl adjacent to an activating group) is 1. The molecule has 0 radical (unpaired) electrons. The van der Waals surface area contributed by atoms with Crippen LogP contribution in [0.4, 0.5) is 5.69 Å². The highest BCUT2D eigenvalue weighted by Gasteiger charge is 2.23. The number of aryl methyl sites for hydroxylation is 1. The molecule has 3 N–H and O–H groups in total. The van der Waals surface area contributed by atoms with Crippen molar-refractivity contribution in [1.29, 1.82) is 0 Å². The maximum Gasteiger partial charge on any atom is 0.275 e. The Morgan fingerprint density at radius 2 is 1.83 bits per heavy atom. The fraction of sp³-hybridized carbons (Fsp3) is 0.529. The molecule has 6 heteroatoms. The van der Waals surface area contributed by atoms with Crippen LogP contribution in [0.2, 0.25) is 0 Å². The predicted molar refractivity (Wildman–Crippen MR) is 90.6 cm³/mol. The second-order valence-corrected chi connectivity index (χ2v) is 5.93. The number of carbonyl (C=O) groups is 2. The Labute approximate surface area is 137 Å². The van der Waals surface area contributed by atoms with E-state index in [1.807, 2.05) is 6.92 Å². The molecule has 0 atom stereocenters. The number of carbonyl (C=O) groups excluding carboxylic acids is 2. The summed E-state index contributed by atoms with van der Waals surface area (Å²) in [6, 6.07) is 8.40. The number of piperazine rings is 1. The Morgan fingerprint density at radius 1 is 1.13 bits per heavy atom. The second kappa shape index (κ2) is 8.53. The topological polar surface area (TPSA) is 65.9 Å². The quantitative estimate of drug-likeness (QED) is 0.627. The van der Waals surface area contributed by atoms with Crippen LogP contribution in [0.1, 0.15) is 12.5 Å². The zero-order valence-electron chi connectivity index (χ0n) is 14.0. The minimum absolute atomic E-state index is 0.0596. The van der Waals surface area contributed by atoms with Gasteiger partial charge >= 0.3 is 0 Å². The number of rotatable bonds is 6. The second-order valence-electron chi connectivity index (χ2n) is 5.93. The molecule has 1 aromatic rings. The van der Waals surface area contributed by atoms with Crippen molar-refractivity contribution in [1.82, 2.24) is 10.6 Å². The maximum atomic E-state index is 11.9. The van der Waals surface area contributed by atoms with E-state index >= 15 is 0 Å². The van der Waals surface area contributed by atoms with Gasteiger partial charge in [-0.15, -0.1) is 0 Å². The summed E-state index contributed by atoms with van der Waals surface area (Å²) in [5.41, 5.74) is 2.57. The molecule has 0 bridgehead atoms. The summed E-state index contributed by atoms with van der Waals surface area (Å²) >= 11 is 0. The van der Waals surface area contributed by atoms with Gasteiger partial charge in [0.15, 0.2) is 6.54 Å². The van der Waals surface area contributed by atoms with E-state index in [2.05, 4.69) is 46.7 Å². The smallest absolute Gasteiger partial charge is 0.275 e. The van der Waals surface area contributed by atoms with Gasteiger partial charge in [0, 0.05) is 12.2 Å². The standard InChI is InChI=1S/C17H26N4O2/c1-3-18-16(22)12-19-17(23)13-20-8-10-21(11-9-20)15-7-5-4-6-14(15)2/h4-7H,3,8-13H2,1-2H3,(H,18,22)(H,19,23)/p+1. The van der Waals surface area contributed by atoms with E-state index in [1.54, 1.807) is 0 Å². The third-order valence-electron chi connectivity index (χ3n) is 4.16. The molecular weight excluding hydrogens is 292 g/mol. The van der Waals surface area contributed by atoms with Crippen molar-refractivity contribution >= 4 is 17.5 Å². The SMILES string of the molecule is CCNC(=O)CNC(=O)C[NH+]1CCN(c2ccccc2C)CC1. The van der Waals surface area contributed by atoms with E-state index < -0.39 is 0 Å². The number of hydrogen-bond donors (Lipinski definition) is 3. The number of para-hydroxylation sites is 1. The van der Waals surface area contributed by atoms with Gasteiger partial charge in [-0.3, -0.25) is 9.59 Å². The van der Waals surface area contributed by atoms with Crippen LogP contribution in [0.15, 0.2) is 24.3 Å². The van der Waals surface area contributed by atoms with Gasteiger partial charge in [0.25, 0.3) is 5.91 Å². The molecule has 0 spiro atoms.